The van der Waals surface area contributed by atoms with Gasteiger partial charge in [0.25, 0.3) is 0 Å². The van der Waals surface area contributed by atoms with E-state index in [1.807, 2.05) is 13.8 Å². The van der Waals surface area contributed by atoms with Gasteiger partial charge in [-0.15, -0.1) is 0 Å². The molecule has 0 aliphatic heterocycles. The van der Waals surface area contributed by atoms with Crippen LogP contribution in [0.5, 0.6) is 0 Å². The maximum atomic E-state index is 11.3. The lowest BCUT2D eigenvalue weighted by atomic mass is 10.5. The van der Waals surface area contributed by atoms with Crippen molar-refractivity contribution in [3.63, 3.8) is 0 Å². The van der Waals surface area contributed by atoms with Crippen molar-refractivity contribution in [2.45, 2.75) is 25.2 Å². The average molecular weight is 179 g/mol. The Hall–Kier alpha value is 0.0700. The van der Waals surface area contributed by atoms with E-state index in [9.17, 15) is 4.21 Å². The summed E-state index contributed by atoms with van der Waals surface area (Å²) in [5.74, 6) is 0.578. The van der Waals surface area contributed by atoms with Crippen LogP contribution >= 0.6 is 0 Å². The summed E-state index contributed by atoms with van der Waals surface area (Å²) in [5, 5.41) is 0.0765. The summed E-state index contributed by atoms with van der Waals surface area (Å²) in [5.41, 5.74) is 5.36. The molecule has 0 fully saturated rings. The monoisotopic (exact) mass is 179 g/mol. The van der Waals surface area contributed by atoms with E-state index in [1.165, 1.54) is 0 Å². The first-order valence-corrected chi connectivity index (χ1v) is 5.10. The van der Waals surface area contributed by atoms with Crippen molar-refractivity contribution in [3.05, 3.63) is 0 Å². The molecule has 0 aromatic heterocycles. The molecule has 0 saturated carbocycles. The lowest BCUT2D eigenvalue weighted by Crippen LogP contribution is -2.27. The van der Waals surface area contributed by atoms with Crippen LogP contribution in [0.1, 0.15) is 13.8 Å². The van der Waals surface area contributed by atoms with Gasteiger partial charge in [0.15, 0.2) is 0 Å². The third-order valence-corrected chi connectivity index (χ3v) is 3.47. The summed E-state index contributed by atoms with van der Waals surface area (Å²) < 4.78 is 16.3. The molecule has 3 nitrogen and oxygen atoms in total. The summed E-state index contributed by atoms with van der Waals surface area (Å²) in [6.45, 7) is 4.27. The Kier molecular flexibility index (Phi) is 5.72. The van der Waals surface area contributed by atoms with Crippen LogP contribution in [0.2, 0.25) is 0 Å². The van der Waals surface area contributed by atoms with Crippen molar-refractivity contribution in [2.75, 3.05) is 19.4 Å². The van der Waals surface area contributed by atoms with Crippen LogP contribution in [0.3, 0.4) is 0 Å². The van der Waals surface area contributed by atoms with Gasteiger partial charge in [0.2, 0.25) is 0 Å². The van der Waals surface area contributed by atoms with Gasteiger partial charge in [-0.05, 0) is 13.8 Å². The molecule has 0 aromatic rings. The minimum atomic E-state index is -0.845. The predicted molar refractivity (Wildman–Crippen MR) is 48.0 cm³/mol. The molecule has 0 rings (SSSR count). The zero-order chi connectivity index (χ0) is 8.85. The van der Waals surface area contributed by atoms with Crippen LogP contribution in [-0.4, -0.2) is 35.0 Å². The molecular weight excluding hydrogens is 162 g/mol. The molecule has 0 heterocycles. The van der Waals surface area contributed by atoms with Crippen molar-refractivity contribution in [3.8, 4) is 0 Å². The summed E-state index contributed by atoms with van der Waals surface area (Å²) >= 11 is 0. The van der Waals surface area contributed by atoms with E-state index in [-0.39, 0.29) is 11.4 Å². The molecule has 11 heavy (non-hydrogen) atoms. The van der Waals surface area contributed by atoms with Crippen molar-refractivity contribution >= 4 is 10.8 Å². The van der Waals surface area contributed by atoms with Gasteiger partial charge < -0.3 is 10.5 Å². The Labute approximate surface area is 70.8 Å². The number of rotatable bonds is 5. The number of hydrogen-bond donors (Lipinski definition) is 1. The maximum Gasteiger partial charge on any atom is 0.0658 e. The molecule has 3 unspecified atom stereocenters. The highest BCUT2D eigenvalue weighted by Gasteiger charge is 2.12. The zero-order valence-electron chi connectivity index (χ0n) is 7.37. The topological polar surface area (TPSA) is 52.3 Å². The van der Waals surface area contributed by atoms with E-state index in [1.54, 1.807) is 7.11 Å². The lowest BCUT2D eigenvalue weighted by molar-refractivity contribution is 0.137. The van der Waals surface area contributed by atoms with Crippen molar-refractivity contribution in [2.24, 2.45) is 5.73 Å². The quantitative estimate of drug-likeness (QED) is 0.652. The van der Waals surface area contributed by atoms with E-state index in [0.29, 0.717) is 12.3 Å². The van der Waals surface area contributed by atoms with Crippen LogP contribution in [0.25, 0.3) is 0 Å². The molecule has 4 heteroatoms. The highest BCUT2D eigenvalue weighted by atomic mass is 32.2. The van der Waals surface area contributed by atoms with Gasteiger partial charge in [-0.1, -0.05) is 0 Å². The highest BCUT2D eigenvalue weighted by molar-refractivity contribution is 7.85. The summed E-state index contributed by atoms with van der Waals surface area (Å²) in [6.07, 6.45) is 0.0600. The third-order valence-electron chi connectivity index (χ3n) is 1.58. The van der Waals surface area contributed by atoms with E-state index in [2.05, 4.69) is 0 Å². The van der Waals surface area contributed by atoms with Crippen molar-refractivity contribution in [1.29, 1.82) is 0 Å². The van der Waals surface area contributed by atoms with Gasteiger partial charge in [0, 0.05) is 35.5 Å². The largest absolute Gasteiger partial charge is 0.381 e. The first-order valence-electron chi connectivity index (χ1n) is 3.71. The van der Waals surface area contributed by atoms with Gasteiger partial charge >= 0.3 is 0 Å². The molecular formula is C7H17NO2S. The molecule has 0 bridgehead atoms. The van der Waals surface area contributed by atoms with Crippen LogP contribution < -0.4 is 5.73 Å². The SMILES string of the molecule is COC(C)CS(=O)C(C)CN. The van der Waals surface area contributed by atoms with Crippen LogP contribution in [-0.2, 0) is 15.5 Å². The fraction of sp³-hybridized carbons (Fsp3) is 1.00. The molecule has 0 spiro atoms. The van der Waals surface area contributed by atoms with E-state index >= 15 is 0 Å². The van der Waals surface area contributed by atoms with Gasteiger partial charge in [-0.2, -0.15) is 0 Å². The molecule has 2 N–H and O–H groups in total. The smallest absolute Gasteiger partial charge is 0.0658 e. The Morgan fingerprint density at radius 2 is 2.09 bits per heavy atom. The Bertz CT molecular complexity index is 130. The fourth-order valence-electron chi connectivity index (χ4n) is 0.571. The second-order valence-electron chi connectivity index (χ2n) is 2.64. The number of ether oxygens (including phenoxy) is 1. The molecule has 3 atom stereocenters. The van der Waals surface area contributed by atoms with E-state index < -0.39 is 10.8 Å². The van der Waals surface area contributed by atoms with Crippen molar-refractivity contribution in [1.82, 2.24) is 0 Å². The van der Waals surface area contributed by atoms with Gasteiger partial charge in [-0.25, -0.2) is 0 Å². The minimum absolute atomic E-state index is 0.0600. The molecule has 0 radical (unpaired) electrons. The standard InChI is InChI=1S/C7H17NO2S/c1-6(10-3)5-11(9)7(2)4-8/h6-7H,4-5,8H2,1-3H3. The second kappa shape index (κ2) is 5.69. The van der Waals surface area contributed by atoms with Gasteiger partial charge in [0.1, 0.15) is 0 Å². The summed E-state index contributed by atoms with van der Waals surface area (Å²) in [4.78, 5) is 0. The van der Waals surface area contributed by atoms with E-state index in [4.69, 9.17) is 10.5 Å². The van der Waals surface area contributed by atoms with E-state index in [0.717, 1.165) is 0 Å². The normalized spacial score (nSPS) is 19.3. The molecule has 0 aliphatic carbocycles. The van der Waals surface area contributed by atoms with Crippen molar-refractivity contribution < 1.29 is 8.95 Å². The number of nitrogens with two attached hydrogens (primary N) is 1. The molecule has 68 valence electrons. The molecule has 0 aliphatic rings. The van der Waals surface area contributed by atoms with Crippen LogP contribution in [0.15, 0.2) is 0 Å². The fourth-order valence-corrected chi connectivity index (χ4v) is 1.71. The average Bonchev–Trinajstić information content (AvgIpc) is 2.02. The third kappa shape index (κ3) is 4.50. The minimum Gasteiger partial charge on any atom is -0.381 e. The maximum absolute atomic E-state index is 11.3. The Morgan fingerprint density at radius 3 is 2.45 bits per heavy atom. The highest BCUT2D eigenvalue weighted by Crippen LogP contribution is 1.98. The number of methoxy groups -OCH3 is 1. The van der Waals surface area contributed by atoms with Gasteiger partial charge in [0.05, 0.1) is 6.10 Å². The van der Waals surface area contributed by atoms with Gasteiger partial charge in [-0.3, -0.25) is 4.21 Å². The lowest BCUT2D eigenvalue weighted by Gasteiger charge is -2.12. The predicted octanol–water partition coefficient (Wildman–Crippen LogP) is 0.117. The second-order valence-corrected chi connectivity index (χ2v) is 4.54. The van der Waals surface area contributed by atoms with Crippen LogP contribution in [0.4, 0.5) is 0 Å². The Morgan fingerprint density at radius 1 is 1.55 bits per heavy atom. The first-order chi connectivity index (χ1) is 5.11. The number of hydrogen-bond acceptors (Lipinski definition) is 3. The van der Waals surface area contributed by atoms with Crippen LogP contribution in [0, 0.1) is 0 Å². The Balaban J connectivity index is 3.68. The summed E-state index contributed by atoms with van der Waals surface area (Å²) in [6, 6.07) is 0. The molecule has 0 amide bonds. The molecule has 0 saturated heterocycles. The zero-order valence-corrected chi connectivity index (χ0v) is 8.19. The molecule has 0 aromatic carbocycles. The summed E-state index contributed by atoms with van der Waals surface area (Å²) in [7, 11) is 0.775. The first kappa shape index (κ1) is 11.1.